The number of ketones is 1. The van der Waals surface area contributed by atoms with E-state index in [9.17, 15) is 10.1 Å². The van der Waals surface area contributed by atoms with Crippen molar-refractivity contribution in [1.82, 2.24) is 0 Å². The molecule has 0 saturated carbocycles. The first-order valence-electron chi connectivity index (χ1n) is 5.96. The number of rotatable bonds is 3. The third-order valence-electron chi connectivity index (χ3n) is 3.14. The largest absolute Gasteiger partial charge is 0.367 e. The summed E-state index contributed by atoms with van der Waals surface area (Å²) in [6, 6.07) is 8.92. The Morgan fingerprint density at radius 3 is 2.89 bits per heavy atom. The van der Waals surface area contributed by atoms with Gasteiger partial charge in [0.15, 0.2) is 5.78 Å². The number of Topliss-reactive ketones (excluding diaryl/α,β-unsaturated/α-hetero) is 1. The van der Waals surface area contributed by atoms with Gasteiger partial charge in [-0.15, -0.1) is 0 Å². The fourth-order valence-corrected chi connectivity index (χ4v) is 2.39. The van der Waals surface area contributed by atoms with E-state index in [-0.39, 0.29) is 11.9 Å². The molecule has 0 amide bonds. The van der Waals surface area contributed by atoms with Crippen LogP contribution in [-0.2, 0) is 9.53 Å². The molecular formula is C14H14ClNO2. The van der Waals surface area contributed by atoms with Gasteiger partial charge in [0.2, 0.25) is 0 Å². The van der Waals surface area contributed by atoms with E-state index in [1.165, 1.54) is 0 Å². The summed E-state index contributed by atoms with van der Waals surface area (Å²) in [5, 5.41) is 9.73. The van der Waals surface area contributed by atoms with Crippen molar-refractivity contribution in [1.29, 1.82) is 5.26 Å². The molecule has 1 saturated heterocycles. The number of nitriles is 1. The number of carbonyl (C=O) groups excluding carboxylic acids is 1. The van der Waals surface area contributed by atoms with Crippen LogP contribution in [0.1, 0.15) is 31.2 Å². The number of nitrogens with zero attached hydrogens (tertiary/aromatic N) is 1. The van der Waals surface area contributed by atoms with Gasteiger partial charge in [0, 0.05) is 5.02 Å². The Kier molecular flexibility index (Phi) is 4.00. The van der Waals surface area contributed by atoms with Gasteiger partial charge in [0.25, 0.3) is 0 Å². The standard InChI is InChI=1S/C14H14ClNO2/c1-9-5-6-13(18-9)14(17)12(8-16)10-3-2-4-11(15)7-10/h2-4,7,9,12-13H,5-6H2,1H3. The monoisotopic (exact) mass is 263 g/mol. The molecule has 0 aliphatic carbocycles. The molecule has 0 N–H and O–H groups in total. The average molecular weight is 264 g/mol. The minimum Gasteiger partial charge on any atom is -0.367 e. The van der Waals surface area contributed by atoms with Crippen molar-refractivity contribution in [2.24, 2.45) is 0 Å². The van der Waals surface area contributed by atoms with Crippen molar-refractivity contribution in [2.75, 3.05) is 0 Å². The van der Waals surface area contributed by atoms with Gasteiger partial charge in [0.05, 0.1) is 12.2 Å². The first kappa shape index (κ1) is 13.1. The summed E-state index contributed by atoms with van der Waals surface area (Å²) in [5.74, 6) is -0.955. The maximum absolute atomic E-state index is 12.2. The number of hydrogen-bond acceptors (Lipinski definition) is 3. The molecule has 0 aromatic heterocycles. The molecule has 1 aromatic rings. The van der Waals surface area contributed by atoms with Crippen LogP contribution in [-0.4, -0.2) is 18.0 Å². The van der Waals surface area contributed by atoms with Gasteiger partial charge in [-0.25, -0.2) is 0 Å². The Labute approximate surface area is 111 Å². The lowest BCUT2D eigenvalue weighted by atomic mass is 9.92. The molecule has 3 nitrogen and oxygen atoms in total. The quantitative estimate of drug-likeness (QED) is 0.842. The van der Waals surface area contributed by atoms with Gasteiger partial charge in [-0.2, -0.15) is 5.26 Å². The van der Waals surface area contributed by atoms with Crippen LogP contribution in [0.15, 0.2) is 24.3 Å². The van der Waals surface area contributed by atoms with Crippen LogP contribution >= 0.6 is 11.6 Å². The lowest BCUT2D eigenvalue weighted by molar-refractivity contribution is -0.129. The number of halogens is 1. The molecule has 3 atom stereocenters. The fourth-order valence-electron chi connectivity index (χ4n) is 2.19. The first-order chi connectivity index (χ1) is 8.61. The highest BCUT2D eigenvalue weighted by Gasteiger charge is 2.33. The van der Waals surface area contributed by atoms with Gasteiger partial charge < -0.3 is 4.74 Å². The highest BCUT2D eigenvalue weighted by molar-refractivity contribution is 6.30. The van der Waals surface area contributed by atoms with Crippen molar-refractivity contribution < 1.29 is 9.53 Å². The van der Waals surface area contributed by atoms with E-state index in [0.29, 0.717) is 17.0 Å². The van der Waals surface area contributed by atoms with E-state index >= 15 is 0 Å². The molecule has 3 unspecified atom stereocenters. The zero-order chi connectivity index (χ0) is 13.1. The van der Waals surface area contributed by atoms with Gasteiger partial charge >= 0.3 is 0 Å². The van der Waals surface area contributed by atoms with Gasteiger partial charge in [0.1, 0.15) is 12.0 Å². The second kappa shape index (κ2) is 5.51. The van der Waals surface area contributed by atoms with Crippen LogP contribution in [0.2, 0.25) is 5.02 Å². The molecule has 0 radical (unpaired) electrons. The Morgan fingerprint density at radius 1 is 1.56 bits per heavy atom. The minimum atomic E-state index is -0.793. The molecule has 18 heavy (non-hydrogen) atoms. The van der Waals surface area contributed by atoms with Crippen LogP contribution in [0.5, 0.6) is 0 Å². The van der Waals surface area contributed by atoms with Crippen molar-refractivity contribution in [3.8, 4) is 6.07 Å². The van der Waals surface area contributed by atoms with Gasteiger partial charge in [-0.1, -0.05) is 23.7 Å². The predicted octanol–water partition coefficient (Wildman–Crippen LogP) is 3.08. The minimum absolute atomic E-state index is 0.0951. The molecule has 1 fully saturated rings. The summed E-state index contributed by atoms with van der Waals surface area (Å²) < 4.78 is 5.52. The normalized spacial score (nSPS) is 24.5. The van der Waals surface area contributed by atoms with Crippen LogP contribution < -0.4 is 0 Å². The molecule has 1 aliphatic rings. The highest BCUT2D eigenvalue weighted by Crippen LogP contribution is 2.27. The topological polar surface area (TPSA) is 50.1 Å². The molecule has 0 spiro atoms. The summed E-state index contributed by atoms with van der Waals surface area (Å²) in [4.78, 5) is 12.2. The zero-order valence-electron chi connectivity index (χ0n) is 10.1. The SMILES string of the molecule is CC1CCC(C(=O)C(C#N)c2cccc(Cl)c2)O1. The smallest absolute Gasteiger partial charge is 0.183 e. The molecule has 0 bridgehead atoms. The Hall–Kier alpha value is -1.37. The van der Waals surface area contributed by atoms with Crippen LogP contribution in [0.25, 0.3) is 0 Å². The van der Waals surface area contributed by atoms with E-state index in [2.05, 4.69) is 0 Å². The van der Waals surface area contributed by atoms with Crippen LogP contribution in [0, 0.1) is 11.3 Å². The van der Waals surface area contributed by atoms with E-state index in [0.717, 1.165) is 6.42 Å². The molecule has 4 heteroatoms. The van der Waals surface area contributed by atoms with Crippen molar-refractivity contribution in [2.45, 2.75) is 37.9 Å². The van der Waals surface area contributed by atoms with Gasteiger partial charge in [-0.05, 0) is 37.5 Å². The third-order valence-corrected chi connectivity index (χ3v) is 3.38. The van der Waals surface area contributed by atoms with E-state index in [1.807, 2.05) is 13.0 Å². The second-order valence-corrected chi connectivity index (χ2v) is 4.97. The molecule has 1 aliphatic heterocycles. The molecule has 1 aromatic carbocycles. The summed E-state index contributed by atoms with van der Waals surface area (Å²) in [7, 11) is 0. The van der Waals surface area contributed by atoms with Crippen LogP contribution in [0.4, 0.5) is 0 Å². The molecule has 1 heterocycles. The Morgan fingerprint density at radius 2 is 2.33 bits per heavy atom. The summed E-state index contributed by atoms with van der Waals surface area (Å²) in [6.07, 6.45) is 1.20. The number of carbonyl (C=O) groups is 1. The first-order valence-corrected chi connectivity index (χ1v) is 6.34. The lowest BCUT2D eigenvalue weighted by Gasteiger charge is -2.14. The Bertz CT molecular complexity index is 495. The van der Waals surface area contributed by atoms with E-state index < -0.39 is 12.0 Å². The predicted molar refractivity (Wildman–Crippen MR) is 68.4 cm³/mol. The maximum Gasteiger partial charge on any atom is 0.183 e. The highest BCUT2D eigenvalue weighted by atomic mass is 35.5. The van der Waals surface area contributed by atoms with E-state index in [4.69, 9.17) is 16.3 Å². The van der Waals surface area contributed by atoms with Crippen molar-refractivity contribution >= 4 is 17.4 Å². The second-order valence-electron chi connectivity index (χ2n) is 4.53. The molecule has 2 rings (SSSR count). The number of benzene rings is 1. The van der Waals surface area contributed by atoms with E-state index in [1.54, 1.807) is 24.3 Å². The van der Waals surface area contributed by atoms with Crippen LogP contribution in [0.3, 0.4) is 0 Å². The maximum atomic E-state index is 12.2. The summed E-state index contributed by atoms with van der Waals surface area (Å²) >= 11 is 5.88. The average Bonchev–Trinajstić information content (AvgIpc) is 2.77. The number of ether oxygens (including phenoxy) is 1. The molecular weight excluding hydrogens is 250 g/mol. The summed E-state index contributed by atoms with van der Waals surface area (Å²) in [6.45, 7) is 1.94. The van der Waals surface area contributed by atoms with Crippen molar-refractivity contribution in [3.05, 3.63) is 34.9 Å². The van der Waals surface area contributed by atoms with Crippen molar-refractivity contribution in [3.63, 3.8) is 0 Å². The van der Waals surface area contributed by atoms with Gasteiger partial charge in [-0.3, -0.25) is 4.79 Å². The third kappa shape index (κ3) is 2.72. The zero-order valence-corrected chi connectivity index (χ0v) is 10.9. The Balaban J connectivity index is 2.19. The number of hydrogen-bond donors (Lipinski definition) is 0. The lowest BCUT2D eigenvalue weighted by Crippen LogP contribution is -2.26. The molecule has 94 valence electrons. The summed E-state index contributed by atoms with van der Waals surface area (Å²) in [5.41, 5.74) is 0.637. The fraction of sp³-hybridized carbons (Fsp3) is 0.429.